The topological polar surface area (TPSA) is 74.5 Å². The van der Waals surface area contributed by atoms with E-state index in [2.05, 4.69) is 5.32 Å². The summed E-state index contributed by atoms with van der Waals surface area (Å²) in [7, 11) is 6.34. The van der Waals surface area contributed by atoms with Crippen molar-refractivity contribution in [1.82, 2.24) is 14.5 Å². The van der Waals surface area contributed by atoms with E-state index >= 15 is 0 Å². The van der Waals surface area contributed by atoms with Gasteiger partial charge in [0, 0.05) is 44.0 Å². The van der Waals surface area contributed by atoms with E-state index in [1.54, 1.807) is 21.3 Å². The van der Waals surface area contributed by atoms with Gasteiger partial charge in [-0.25, -0.2) is 4.79 Å². The molecule has 0 aliphatic rings. The Bertz CT molecular complexity index is 839. The molecule has 1 atom stereocenters. The lowest BCUT2D eigenvalue weighted by molar-refractivity contribution is 0.391. The summed E-state index contributed by atoms with van der Waals surface area (Å²) in [5, 5.41) is 3.31. The Balaban J connectivity index is 2.24. The van der Waals surface area contributed by atoms with Gasteiger partial charge in [0.1, 0.15) is 11.5 Å². The summed E-state index contributed by atoms with van der Waals surface area (Å²) in [6, 6.07) is 6.98. The number of methoxy groups -OCH3 is 2. The van der Waals surface area contributed by atoms with Crippen molar-refractivity contribution in [3.63, 3.8) is 0 Å². The minimum absolute atomic E-state index is 0.0609. The molecule has 1 N–H and O–H groups in total. The molecule has 0 saturated carbocycles. The average Bonchev–Trinajstić information content (AvgIpc) is 2.60. The van der Waals surface area contributed by atoms with Crippen molar-refractivity contribution in [2.75, 3.05) is 14.2 Å². The number of nitrogens with zero attached hydrogens (tertiary/aromatic N) is 2. The molecular formula is C17H23N3O4. The summed E-state index contributed by atoms with van der Waals surface area (Å²) in [5.74, 6) is 1.48. The predicted molar refractivity (Wildman–Crippen MR) is 91.7 cm³/mol. The molecule has 2 aromatic rings. The maximum absolute atomic E-state index is 12.0. The normalized spacial score (nSPS) is 12.0. The number of hydrogen-bond donors (Lipinski definition) is 1. The molecule has 1 aromatic carbocycles. The number of benzene rings is 1. The van der Waals surface area contributed by atoms with Crippen LogP contribution in [0.15, 0.2) is 33.9 Å². The van der Waals surface area contributed by atoms with Gasteiger partial charge in [0.25, 0.3) is 5.56 Å². The fourth-order valence-corrected chi connectivity index (χ4v) is 2.49. The molecule has 1 heterocycles. The van der Waals surface area contributed by atoms with Crippen LogP contribution in [-0.2, 0) is 20.6 Å². The Labute approximate surface area is 140 Å². The monoisotopic (exact) mass is 333 g/mol. The van der Waals surface area contributed by atoms with Gasteiger partial charge < -0.3 is 14.8 Å². The Hall–Kier alpha value is -2.54. The Morgan fingerprint density at radius 2 is 1.79 bits per heavy atom. The smallest absolute Gasteiger partial charge is 0.330 e. The molecule has 130 valence electrons. The van der Waals surface area contributed by atoms with Crippen molar-refractivity contribution < 1.29 is 9.47 Å². The molecule has 7 nitrogen and oxygen atoms in total. The van der Waals surface area contributed by atoms with Crippen LogP contribution in [0.25, 0.3) is 0 Å². The highest BCUT2D eigenvalue weighted by molar-refractivity contribution is 5.42. The molecule has 0 spiro atoms. The second-order valence-corrected chi connectivity index (χ2v) is 5.58. The third-order valence-electron chi connectivity index (χ3n) is 4.12. The fraction of sp³-hybridized carbons (Fsp3) is 0.412. The molecule has 0 aliphatic carbocycles. The van der Waals surface area contributed by atoms with Crippen LogP contribution in [0.3, 0.4) is 0 Å². The second-order valence-electron chi connectivity index (χ2n) is 5.58. The average molecular weight is 333 g/mol. The molecule has 2 rings (SSSR count). The molecule has 1 aromatic heterocycles. The third kappa shape index (κ3) is 3.51. The molecule has 0 unspecified atom stereocenters. The van der Waals surface area contributed by atoms with Crippen molar-refractivity contribution in [1.29, 1.82) is 0 Å². The highest BCUT2D eigenvalue weighted by Gasteiger charge is 2.14. The third-order valence-corrected chi connectivity index (χ3v) is 4.12. The van der Waals surface area contributed by atoms with E-state index < -0.39 is 0 Å². The van der Waals surface area contributed by atoms with Crippen molar-refractivity contribution >= 4 is 0 Å². The highest BCUT2D eigenvalue weighted by Crippen LogP contribution is 2.29. The maximum Gasteiger partial charge on any atom is 0.330 e. The van der Waals surface area contributed by atoms with Crippen LogP contribution in [0.2, 0.25) is 0 Å². The Morgan fingerprint density at radius 3 is 2.42 bits per heavy atom. The molecule has 0 radical (unpaired) electrons. The van der Waals surface area contributed by atoms with E-state index in [-0.39, 0.29) is 17.3 Å². The fourth-order valence-electron chi connectivity index (χ4n) is 2.49. The molecule has 24 heavy (non-hydrogen) atoms. The van der Waals surface area contributed by atoms with Gasteiger partial charge >= 0.3 is 5.69 Å². The van der Waals surface area contributed by atoms with E-state index in [1.807, 2.05) is 25.1 Å². The Kier molecular flexibility index (Phi) is 5.46. The van der Waals surface area contributed by atoms with E-state index in [4.69, 9.17) is 9.47 Å². The van der Waals surface area contributed by atoms with Crippen LogP contribution in [0, 0.1) is 0 Å². The Morgan fingerprint density at radius 1 is 1.08 bits per heavy atom. The zero-order valence-electron chi connectivity index (χ0n) is 14.6. The summed E-state index contributed by atoms with van der Waals surface area (Å²) in [6.07, 6.45) is 0. The lowest BCUT2D eigenvalue weighted by atomic mass is 10.1. The predicted octanol–water partition coefficient (Wildman–Crippen LogP) is 0.952. The summed E-state index contributed by atoms with van der Waals surface area (Å²) in [5.41, 5.74) is 0.898. The lowest BCUT2D eigenvalue weighted by Gasteiger charge is -2.19. The molecule has 0 amide bonds. The van der Waals surface area contributed by atoms with E-state index in [0.717, 1.165) is 21.6 Å². The first-order valence-corrected chi connectivity index (χ1v) is 7.60. The van der Waals surface area contributed by atoms with Gasteiger partial charge in [-0.05, 0) is 25.1 Å². The number of nitrogens with one attached hydrogen (secondary N) is 1. The lowest BCUT2D eigenvalue weighted by Crippen LogP contribution is -2.39. The zero-order valence-corrected chi connectivity index (χ0v) is 14.6. The minimum atomic E-state index is -0.342. The van der Waals surface area contributed by atoms with Crippen molar-refractivity contribution in [3.8, 4) is 11.5 Å². The van der Waals surface area contributed by atoms with Crippen LogP contribution in [0.4, 0.5) is 0 Å². The van der Waals surface area contributed by atoms with Crippen molar-refractivity contribution in [2.24, 2.45) is 14.1 Å². The molecule has 0 fully saturated rings. The van der Waals surface area contributed by atoms with Crippen LogP contribution < -0.4 is 26.0 Å². The van der Waals surface area contributed by atoms with E-state index in [0.29, 0.717) is 12.2 Å². The quantitative estimate of drug-likeness (QED) is 0.852. The summed E-state index contributed by atoms with van der Waals surface area (Å²) in [6.45, 7) is 2.36. The van der Waals surface area contributed by atoms with Gasteiger partial charge in [-0.3, -0.25) is 13.9 Å². The molecule has 0 aliphatic heterocycles. The molecule has 0 bridgehead atoms. The molecular weight excluding hydrogens is 310 g/mol. The minimum Gasteiger partial charge on any atom is -0.497 e. The van der Waals surface area contributed by atoms with Crippen LogP contribution in [0.5, 0.6) is 11.5 Å². The highest BCUT2D eigenvalue weighted by atomic mass is 16.5. The molecule has 7 heteroatoms. The SMILES string of the molecule is COc1ccc(OC)c([C@@H](C)NCc2cc(=O)n(C)c(=O)n2C)c1. The van der Waals surface area contributed by atoms with Gasteiger partial charge in [0.2, 0.25) is 0 Å². The second kappa shape index (κ2) is 7.35. The van der Waals surface area contributed by atoms with Gasteiger partial charge in [-0.1, -0.05) is 0 Å². The van der Waals surface area contributed by atoms with E-state index in [1.165, 1.54) is 17.7 Å². The first-order valence-electron chi connectivity index (χ1n) is 7.60. The summed E-state index contributed by atoms with van der Waals surface area (Å²) < 4.78 is 13.2. The van der Waals surface area contributed by atoms with E-state index in [9.17, 15) is 9.59 Å². The number of ether oxygens (including phenoxy) is 2. The largest absolute Gasteiger partial charge is 0.497 e. The van der Waals surface area contributed by atoms with Crippen molar-refractivity contribution in [3.05, 3.63) is 56.4 Å². The number of aromatic nitrogens is 2. The van der Waals surface area contributed by atoms with Gasteiger partial charge in [-0.2, -0.15) is 0 Å². The van der Waals surface area contributed by atoms with Gasteiger partial charge in [-0.15, -0.1) is 0 Å². The summed E-state index contributed by atoms with van der Waals surface area (Å²) >= 11 is 0. The first-order chi connectivity index (χ1) is 11.4. The van der Waals surface area contributed by atoms with Crippen molar-refractivity contribution in [2.45, 2.75) is 19.5 Å². The van der Waals surface area contributed by atoms with Crippen LogP contribution in [0.1, 0.15) is 24.2 Å². The first kappa shape index (κ1) is 17.8. The van der Waals surface area contributed by atoms with Crippen LogP contribution >= 0.6 is 0 Å². The summed E-state index contributed by atoms with van der Waals surface area (Å²) in [4.78, 5) is 23.8. The number of rotatable bonds is 6. The molecule has 0 saturated heterocycles. The maximum atomic E-state index is 12.0. The number of hydrogen-bond acceptors (Lipinski definition) is 5. The van der Waals surface area contributed by atoms with Gasteiger partial charge in [0.15, 0.2) is 0 Å². The zero-order chi connectivity index (χ0) is 17.9. The van der Waals surface area contributed by atoms with Crippen LogP contribution in [-0.4, -0.2) is 23.4 Å². The van der Waals surface area contributed by atoms with Gasteiger partial charge in [0.05, 0.1) is 14.2 Å². The standard InChI is InChI=1S/C17H23N3O4/c1-11(14-9-13(23-4)6-7-15(14)24-5)18-10-12-8-16(21)20(3)17(22)19(12)2/h6-9,11,18H,10H2,1-5H3/t11-/m1/s1.